The van der Waals surface area contributed by atoms with Crippen LogP contribution in [0.5, 0.6) is 0 Å². The number of rotatable bonds is 38. The summed E-state index contributed by atoms with van der Waals surface area (Å²) in [6.45, 7) is 7.76. The first kappa shape index (κ1) is 45.4. The van der Waals surface area contributed by atoms with E-state index in [0.29, 0.717) is 19.4 Å². The Kier molecular flexibility index (Phi) is 32.9. The van der Waals surface area contributed by atoms with Gasteiger partial charge in [0.25, 0.3) is 0 Å². The highest BCUT2D eigenvalue weighted by molar-refractivity contribution is 7.53. The van der Waals surface area contributed by atoms with Crippen LogP contribution < -0.4 is 0 Å². The molecule has 0 N–H and O–H groups in total. The highest BCUT2D eigenvalue weighted by atomic mass is 31.2. The lowest BCUT2D eigenvalue weighted by Gasteiger charge is -2.19. The van der Waals surface area contributed by atoms with Gasteiger partial charge in [-0.15, -0.1) is 0 Å². The summed E-state index contributed by atoms with van der Waals surface area (Å²) in [7, 11) is -3.14. The molecular weight excluding hydrogens is 607 g/mol. The van der Waals surface area contributed by atoms with Gasteiger partial charge in [0.05, 0.1) is 19.4 Å². The van der Waals surface area contributed by atoms with Crippen LogP contribution in [0.2, 0.25) is 0 Å². The fourth-order valence-corrected chi connectivity index (χ4v) is 8.59. The molecule has 48 heavy (non-hydrogen) atoms. The van der Waals surface area contributed by atoms with E-state index in [9.17, 15) is 4.57 Å². The second kappa shape index (κ2) is 34.8. The van der Waals surface area contributed by atoms with Crippen LogP contribution in [0, 0.1) is 6.92 Å². The Labute approximate surface area is 301 Å². The van der Waals surface area contributed by atoms with E-state index in [1.165, 1.54) is 185 Å². The Morgan fingerprint density at radius 2 is 0.729 bits per heavy atom. The van der Waals surface area contributed by atoms with Crippen molar-refractivity contribution in [1.29, 1.82) is 0 Å². The van der Waals surface area contributed by atoms with Crippen LogP contribution >= 0.6 is 7.60 Å². The second-order valence-electron chi connectivity index (χ2n) is 15.0. The molecule has 1 aromatic rings. The first-order valence-electron chi connectivity index (χ1n) is 21.5. The van der Waals surface area contributed by atoms with Gasteiger partial charge in [-0.05, 0) is 25.3 Å². The average Bonchev–Trinajstić information content (AvgIpc) is 3.07. The van der Waals surface area contributed by atoms with Crippen molar-refractivity contribution >= 4 is 7.60 Å². The van der Waals surface area contributed by atoms with Crippen LogP contribution in [0.15, 0.2) is 24.3 Å². The minimum Gasteiger partial charge on any atom is -0.308 e. The first-order valence-corrected chi connectivity index (χ1v) is 23.3. The molecule has 0 saturated heterocycles. The van der Waals surface area contributed by atoms with Gasteiger partial charge in [0.1, 0.15) is 0 Å². The predicted octanol–water partition coefficient (Wildman–Crippen LogP) is 16.2. The lowest BCUT2D eigenvalue weighted by atomic mass is 10.0. The number of aryl methyl sites for hydroxylation is 1. The molecule has 0 heterocycles. The molecule has 0 aliphatic rings. The molecule has 0 fully saturated rings. The number of hydrogen-bond acceptors (Lipinski definition) is 3. The van der Waals surface area contributed by atoms with Crippen molar-refractivity contribution in [3.8, 4) is 0 Å². The molecule has 0 spiro atoms. The van der Waals surface area contributed by atoms with Crippen molar-refractivity contribution in [2.75, 3.05) is 13.2 Å². The molecule has 0 aliphatic heterocycles. The van der Waals surface area contributed by atoms with Crippen LogP contribution in [0.1, 0.15) is 230 Å². The van der Waals surface area contributed by atoms with Gasteiger partial charge in [0.15, 0.2) is 0 Å². The molecule has 4 heteroatoms. The summed E-state index contributed by atoms with van der Waals surface area (Å²) in [4.78, 5) is 0. The fraction of sp³-hybridized carbons (Fsp3) is 0.864. The molecule has 0 bridgehead atoms. The summed E-state index contributed by atoms with van der Waals surface area (Å²) in [5, 5.41) is 0. The van der Waals surface area contributed by atoms with Gasteiger partial charge in [0, 0.05) is 0 Å². The summed E-state index contributed by atoms with van der Waals surface area (Å²) < 4.78 is 25.9. The van der Waals surface area contributed by atoms with Gasteiger partial charge in [-0.1, -0.05) is 236 Å². The van der Waals surface area contributed by atoms with Crippen LogP contribution in [-0.4, -0.2) is 13.2 Å². The normalized spacial score (nSPS) is 11.9. The van der Waals surface area contributed by atoms with Gasteiger partial charge in [-0.25, -0.2) is 0 Å². The zero-order valence-corrected chi connectivity index (χ0v) is 33.6. The molecule has 0 amide bonds. The van der Waals surface area contributed by atoms with Crippen LogP contribution in [0.25, 0.3) is 0 Å². The Morgan fingerprint density at radius 1 is 0.438 bits per heavy atom. The molecule has 0 radical (unpaired) electrons. The van der Waals surface area contributed by atoms with Gasteiger partial charge >= 0.3 is 7.60 Å². The summed E-state index contributed by atoms with van der Waals surface area (Å²) in [5.41, 5.74) is 2.24. The van der Waals surface area contributed by atoms with Crippen molar-refractivity contribution < 1.29 is 13.6 Å². The van der Waals surface area contributed by atoms with E-state index in [1.54, 1.807) is 0 Å². The summed E-state index contributed by atoms with van der Waals surface area (Å²) in [6.07, 6.45) is 43.6. The maximum Gasteiger partial charge on any atom is 0.335 e. The largest absolute Gasteiger partial charge is 0.335 e. The van der Waals surface area contributed by atoms with Crippen molar-refractivity contribution in [1.82, 2.24) is 0 Å². The second-order valence-corrected chi connectivity index (χ2v) is 17.1. The summed E-state index contributed by atoms with van der Waals surface area (Å²) >= 11 is 0. The standard InChI is InChI=1S/C44H83O3P/c1-4-6-8-10-12-14-16-18-20-22-24-26-28-30-32-34-39-46-48(45,42-44-38-36-37-43(3)41-44)47-40-35-33-31-29-27-25-23-21-19-17-15-13-11-9-7-5-2/h36-38,41H,4-35,39-40,42H2,1-3H3. The molecule has 0 unspecified atom stereocenters. The first-order chi connectivity index (χ1) is 23.6. The van der Waals surface area contributed by atoms with Crippen LogP contribution in [0.3, 0.4) is 0 Å². The maximum absolute atomic E-state index is 13.8. The van der Waals surface area contributed by atoms with E-state index in [-0.39, 0.29) is 0 Å². The van der Waals surface area contributed by atoms with Gasteiger partial charge in [-0.3, -0.25) is 4.57 Å². The minimum atomic E-state index is -3.14. The van der Waals surface area contributed by atoms with Crippen LogP contribution in [-0.2, 0) is 19.8 Å². The molecule has 0 saturated carbocycles. The number of unbranched alkanes of at least 4 members (excludes halogenated alkanes) is 30. The van der Waals surface area contributed by atoms with E-state index in [0.717, 1.165) is 31.2 Å². The Morgan fingerprint density at radius 3 is 1.02 bits per heavy atom. The molecule has 0 aromatic heterocycles. The van der Waals surface area contributed by atoms with E-state index in [4.69, 9.17) is 9.05 Å². The third-order valence-corrected chi connectivity index (χ3v) is 11.9. The quantitative estimate of drug-likeness (QED) is 0.0512. The van der Waals surface area contributed by atoms with Gasteiger partial charge < -0.3 is 9.05 Å². The highest BCUT2D eigenvalue weighted by Gasteiger charge is 2.25. The predicted molar refractivity (Wildman–Crippen MR) is 213 cm³/mol. The van der Waals surface area contributed by atoms with E-state index >= 15 is 0 Å². The summed E-state index contributed by atoms with van der Waals surface area (Å²) in [6, 6.07) is 8.29. The van der Waals surface area contributed by atoms with Gasteiger partial charge in [-0.2, -0.15) is 0 Å². The van der Waals surface area contributed by atoms with E-state index < -0.39 is 7.60 Å². The van der Waals surface area contributed by atoms with Gasteiger partial charge in [0.2, 0.25) is 0 Å². The zero-order chi connectivity index (χ0) is 34.6. The molecular formula is C44H83O3P. The number of hydrogen-bond donors (Lipinski definition) is 0. The average molecular weight is 691 g/mol. The Hall–Kier alpha value is -0.630. The SMILES string of the molecule is CCCCCCCCCCCCCCCCCCOP(=O)(Cc1cccc(C)c1)OCCCCCCCCCCCCCCCCCC. The molecule has 1 aromatic carbocycles. The Bertz CT molecular complexity index is 798. The third kappa shape index (κ3) is 30.2. The summed E-state index contributed by atoms with van der Waals surface area (Å²) in [5.74, 6) is 0. The maximum atomic E-state index is 13.8. The fourth-order valence-electron chi connectivity index (χ4n) is 6.87. The van der Waals surface area contributed by atoms with Crippen molar-refractivity contribution in [2.24, 2.45) is 0 Å². The van der Waals surface area contributed by atoms with Crippen LogP contribution in [0.4, 0.5) is 0 Å². The highest BCUT2D eigenvalue weighted by Crippen LogP contribution is 2.51. The molecule has 0 atom stereocenters. The molecule has 3 nitrogen and oxygen atoms in total. The smallest absolute Gasteiger partial charge is 0.308 e. The lowest BCUT2D eigenvalue weighted by molar-refractivity contribution is 0.196. The van der Waals surface area contributed by atoms with Crippen molar-refractivity contribution in [3.05, 3.63) is 35.4 Å². The zero-order valence-electron chi connectivity index (χ0n) is 32.7. The topological polar surface area (TPSA) is 35.5 Å². The van der Waals surface area contributed by atoms with Crippen molar-refractivity contribution in [3.63, 3.8) is 0 Å². The molecule has 1 rings (SSSR count). The van der Waals surface area contributed by atoms with E-state index in [2.05, 4.69) is 39.0 Å². The van der Waals surface area contributed by atoms with E-state index in [1.807, 2.05) is 6.07 Å². The monoisotopic (exact) mass is 691 g/mol. The lowest BCUT2D eigenvalue weighted by Crippen LogP contribution is -2.03. The third-order valence-electron chi connectivity index (χ3n) is 10.0. The van der Waals surface area contributed by atoms with Crippen molar-refractivity contribution in [2.45, 2.75) is 232 Å². The molecule has 282 valence electrons. The Balaban J connectivity index is 2.09. The minimum absolute atomic E-state index is 0.381. The number of benzene rings is 1. The molecule has 0 aliphatic carbocycles.